The van der Waals surface area contributed by atoms with Gasteiger partial charge in [-0.15, -0.1) is 0 Å². The lowest BCUT2D eigenvalue weighted by atomic mass is 10.1. The molecule has 0 amide bonds. The zero-order valence-electron chi connectivity index (χ0n) is 14.5. The van der Waals surface area contributed by atoms with Gasteiger partial charge in [0, 0.05) is 11.4 Å². The molecular formula is C19H18F3N5. The number of nitrogens with zero attached hydrogens (tertiary/aromatic N) is 3. The van der Waals surface area contributed by atoms with E-state index in [-0.39, 0.29) is 0 Å². The molecule has 2 heterocycles. The van der Waals surface area contributed by atoms with Crippen LogP contribution in [0.15, 0.2) is 54.7 Å². The number of nitrogens with two attached hydrogens (primary N) is 1. The van der Waals surface area contributed by atoms with Gasteiger partial charge in [0.25, 0.3) is 0 Å². The molecule has 0 fully saturated rings. The normalized spacial score (nSPS) is 17.1. The van der Waals surface area contributed by atoms with Crippen molar-refractivity contribution in [3.05, 3.63) is 71.4 Å². The first-order valence-corrected chi connectivity index (χ1v) is 8.41. The summed E-state index contributed by atoms with van der Waals surface area (Å²) in [5.41, 5.74) is 8.84. The highest BCUT2D eigenvalue weighted by Crippen LogP contribution is 2.39. The zero-order chi connectivity index (χ0) is 19.2. The van der Waals surface area contributed by atoms with Crippen molar-refractivity contribution in [1.29, 1.82) is 0 Å². The third kappa shape index (κ3) is 3.12. The van der Waals surface area contributed by atoms with Crippen LogP contribution in [-0.4, -0.2) is 16.9 Å². The lowest BCUT2D eigenvalue weighted by molar-refractivity contribution is -0.137. The fourth-order valence-electron chi connectivity index (χ4n) is 3.24. The van der Waals surface area contributed by atoms with Crippen LogP contribution >= 0.6 is 0 Å². The molecule has 1 aromatic heterocycles. The summed E-state index contributed by atoms with van der Waals surface area (Å²) in [6, 6.07) is 13.1. The van der Waals surface area contributed by atoms with E-state index in [2.05, 4.69) is 10.2 Å². The molecule has 1 atom stereocenters. The molecule has 3 aromatic rings. The highest BCUT2D eigenvalue weighted by molar-refractivity contribution is 5.69. The summed E-state index contributed by atoms with van der Waals surface area (Å²) in [6.07, 6.45) is -3.25. The Balaban J connectivity index is 1.77. The number of aryl methyl sites for hydroxylation is 1. The molecule has 0 bridgehead atoms. The quantitative estimate of drug-likeness (QED) is 0.703. The fraction of sp³-hybridized carbons (Fsp3) is 0.211. The SMILES string of the molecule is Cc1ccc(N2CN(c3cccc(C(F)(F)F)c3)c3[nH]ncc3C2N)cc1. The number of aromatic nitrogens is 2. The maximum atomic E-state index is 13.1. The van der Waals surface area contributed by atoms with Crippen LogP contribution in [0.5, 0.6) is 0 Å². The number of hydrogen-bond acceptors (Lipinski definition) is 4. The van der Waals surface area contributed by atoms with Gasteiger partial charge in [0.2, 0.25) is 0 Å². The van der Waals surface area contributed by atoms with Gasteiger partial charge in [0.15, 0.2) is 0 Å². The van der Waals surface area contributed by atoms with Crippen LogP contribution < -0.4 is 15.5 Å². The number of alkyl halides is 3. The molecule has 8 heteroatoms. The Hall–Kier alpha value is -3.00. The van der Waals surface area contributed by atoms with Gasteiger partial charge in [0.05, 0.1) is 24.0 Å². The van der Waals surface area contributed by atoms with E-state index in [9.17, 15) is 13.2 Å². The van der Waals surface area contributed by atoms with E-state index < -0.39 is 17.9 Å². The summed E-state index contributed by atoms with van der Waals surface area (Å²) in [5, 5.41) is 6.91. The summed E-state index contributed by atoms with van der Waals surface area (Å²) in [7, 11) is 0. The first-order valence-electron chi connectivity index (χ1n) is 8.41. The summed E-state index contributed by atoms with van der Waals surface area (Å²) in [4.78, 5) is 3.68. The number of benzene rings is 2. The van der Waals surface area contributed by atoms with Crippen LogP contribution in [0.3, 0.4) is 0 Å². The monoisotopic (exact) mass is 373 g/mol. The van der Waals surface area contributed by atoms with Gasteiger partial charge in [-0.2, -0.15) is 18.3 Å². The van der Waals surface area contributed by atoms with Crippen molar-refractivity contribution in [1.82, 2.24) is 10.2 Å². The predicted octanol–water partition coefficient (Wildman–Crippen LogP) is 4.31. The molecule has 27 heavy (non-hydrogen) atoms. The molecule has 1 unspecified atom stereocenters. The van der Waals surface area contributed by atoms with Crippen molar-refractivity contribution in [2.75, 3.05) is 16.5 Å². The van der Waals surface area contributed by atoms with Crippen molar-refractivity contribution >= 4 is 17.2 Å². The molecule has 0 spiro atoms. The molecule has 0 aliphatic carbocycles. The molecule has 140 valence electrons. The predicted molar refractivity (Wildman–Crippen MR) is 97.6 cm³/mol. The first kappa shape index (κ1) is 17.4. The van der Waals surface area contributed by atoms with Crippen LogP contribution in [0.4, 0.5) is 30.4 Å². The summed E-state index contributed by atoms with van der Waals surface area (Å²) in [5.74, 6) is 0.602. The summed E-state index contributed by atoms with van der Waals surface area (Å²) >= 11 is 0. The van der Waals surface area contributed by atoms with Gasteiger partial charge in [-0.3, -0.25) is 5.10 Å². The fourth-order valence-corrected chi connectivity index (χ4v) is 3.24. The number of nitrogens with one attached hydrogen (secondary N) is 1. The zero-order valence-corrected chi connectivity index (χ0v) is 14.5. The Morgan fingerprint density at radius 3 is 2.56 bits per heavy atom. The van der Waals surface area contributed by atoms with Gasteiger partial charge in [-0.05, 0) is 37.3 Å². The molecule has 1 aliphatic rings. The van der Waals surface area contributed by atoms with E-state index >= 15 is 0 Å². The maximum absolute atomic E-state index is 13.1. The average Bonchev–Trinajstić information content (AvgIpc) is 3.13. The van der Waals surface area contributed by atoms with Gasteiger partial charge in [-0.1, -0.05) is 23.8 Å². The van der Waals surface area contributed by atoms with Crippen LogP contribution in [-0.2, 0) is 6.18 Å². The third-order valence-corrected chi connectivity index (χ3v) is 4.72. The number of aromatic amines is 1. The topological polar surface area (TPSA) is 61.2 Å². The number of rotatable bonds is 2. The van der Waals surface area contributed by atoms with E-state index in [1.165, 1.54) is 6.07 Å². The highest BCUT2D eigenvalue weighted by Gasteiger charge is 2.34. The summed E-state index contributed by atoms with van der Waals surface area (Å²) < 4.78 is 39.4. The van der Waals surface area contributed by atoms with Gasteiger partial charge >= 0.3 is 6.18 Å². The number of anilines is 3. The molecule has 0 saturated heterocycles. The van der Waals surface area contributed by atoms with Crippen molar-refractivity contribution in [3.8, 4) is 0 Å². The van der Waals surface area contributed by atoms with Crippen molar-refractivity contribution < 1.29 is 13.2 Å². The second-order valence-corrected chi connectivity index (χ2v) is 6.54. The van der Waals surface area contributed by atoms with E-state index in [1.54, 1.807) is 17.2 Å². The van der Waals surface area contributed by atoms with E-state index in [1.807, 2.05) is 36.1 Å². The molecule has 3 N–H and O–H groups in total. The Bertz CT molecular complexity index is 948. The minimum absolute atomic E-state index is 0.292. The standard InChI is InChI=1S/C19H18F3N5/c1-12-5-7-14(8-6-12)26-11-27(18-16(17(26)23)10-24-25-18)15-4-2-3-13(9-15)19(20,21)22/h2-10,17H,11,23H2,1H3,(H,24,25). The molecule has 1 aliphatic heterocycles. The highest BCUT2D eigenvalue weighted by atomic mass is 19.4. The number of halogens is 3. The largest absolute Gasteiger partial charge is 0.416 e. The number of fused-ring (bicyclic) bond motifs is 1. The van der Waals surface area contributed by atoms with Crippen molar-refractivity contribution in [3.63, 3.8) is 0 Å². The molecule has 4 rings (SSSR count). The van der Waals surface area contributed by atoms with Gasteiger partial charge in [-0.25, -0.2) is 0 Å². The van der Waals surface area contributed by atoms with Crippen LogP contribution in [0.2, 0.25) is 0 Å². The Morgan fingerprint density at radius 1 is 1.11 bits per heavy atom. The first-order chi connectivity index (χ1) is 12.8. The smallest absolute Gasteiger partial charge is 0.334 e. The minimum Gasteiger partial charge on any atom is -0.334 e. The van der Waals surface area contributed by atoms with E-state index in [0.29, 0.717) is 18.2 Å². The molecule has 5 nitrogen and oxygen atoms in total. The Labute approximate surface area is 154 Å². The van der Waals surface area contributed by atoms with E-state index in [4.69, 9.17) is 5.73 Å². The van der Waals surface area contributed by atoms with Crippen molar-refractivity contribution in [2.45, 2.75) is 19.3 Å². The molecular weight excluding hydrogens is 355 g/mol. The maximum Gasteiger partial charge on any atom is 0.416 e. The Morgan fingerprint density at radius 2 is 1.85 bits per heavy atom. The molecule has 0 radical (unpaired) electrons. The van der Waals surface area contributed by atoms with E-state index in [0.717, 1.165) is 28.9 Å². The average molecular weight is 373 g/mol. The summed E-state index contributed by atoms with van der Waals surface area (Å²) in [6.45, 7) is 2.28. The number of hydrogen-bond donors (Lipinski definition) is 2. The van der Waals surface area contributed by atoms with Crippen LogP contribution in [0, 0.1) is 6.92 Å². The molecule has 2 aromatic carbocycles. The second-order valence-electron chi connectivity index (χ2n) is 6.54. The Kier molecular flexibility index (Phi) is 4.07. The van der Waals surface area contributed by atoms with Gasteiger partial charge < -0.3 is 15.5 Å². The molecule has 0 saturated carbocycles. The minimum atomic E-state index is -4.41. The van der Waals surface area contributed by atoms with Crippen LogP contribution in [0.25, 0.3) is 0 Å². The number of H-pyrrole nitrogens is 1. The lowest BCUT2D eigenvalue weighted by Gasteiger charge is -2.41. The lowest BCUT2D eigenvalue weighted by Crippen LogP contribution is -2.46. The second kappa shape index (κ2) is 6.31. The van der Waals surface area contributed by atoms with Crippen LogP contribution in [0.1, 0.15) is 22.9 Å². The third-order valence-electron chi connectivity index (χ3n) is 4.72. The van der Waals surface area contributed by atoms with Crippen molar-refractivity contribution in [2.24, 2.45) is 5.73 Å². The van der Waals surface area contributed by atoms with Gasteiger partial charge in [0.1, 0.15) is 12.0 Å².